The molecule has 1 aromatic heterocycles. The molecule has 2 rings (SSSR count). The lowest BCUT2D eigenvalue weighted by Crippen LogP contribution is -2.34. The quantitative estimate of drug-likeness (QED) is 0.762. The lowest BCUT2D eigenvalue weighted by molar-refractivity contribution is -0.133. The Balaban J connectivity index is 2.18. The SMILES string of the molecule is CCCN(Cc1cccs1)C(=O)[C@H](C)c1ccccc1OC. The fraction of sp³-hybridized carbons (Fsp3) is 0.389. The second kappa shape index (κ2) is 7.99. The van der Waals surface area contributed by atoms with E-state index < -0.39 is 0 Å². The van der Waals surface area contributed by atoms with Crippen molar-refractivity contribution in [3.63, 3.8) is 0 Å². The van der Waals surface area contributed by atoms with Gasteiger partial charge in [-0.2, -0.15) is 0 Å². The molecule has 1 heterocycles. The van der Waals surface area contributed by atoms with Crippen LogP contribution in [0.25, 0.3) is 0 Å². The topological polar surface area (TPSA) is 29.5 Å². The largest absolute Gasteiger partial charge is 0.496 e. The molecule has 3 nitrogen and oxygen atoms in total. The van der Waals surface area contributed by atoms with Gasteiger partial charge in [-0.15, -0.1) is 11.3 Å². The van der Waals surface area contributed by atoms with Crippen LogP contribution in [0, 0.1) is 0 Å². The van der Waals surface area contributed by atoms with Crippen molar-refractivity contribution >= 4 is 17.2 Å². The minimum atomic E-state index is -0.206. The third kappa shape index (κ3) is 3.89. The Kier molecular flexibility index (Phi) is 6.01. The van der Waals surface area contributed by atoms with Crippen LogP contribution in [0.2, 0.25) is 0 Å². The van der Waals surface area contributed by atoms with Gasteiger partial charge in [0.2, 0.25) is 5.91 Å². The van der Waals surface area contributed by atoms with Gasteiger partial charge < -0.3 is 9.64 Å². The number of methoxy groups -OCH3 is 1. The highest BCUT2D eigenvalue weighted by molar-refractivity contribution is 7.09. The predicted octanol–water partition coefficient (Wildman–Crippen LogP) is 4.30. The lowest BCUT2D eigenvalue weighted by Gasteiger charge is -2.26. The Morgan fingerprint density at radius 2 is 2.05 bits per heavy atom. The maximum atomic E-state index is 12.9. The van der Waals surface area contributed by atoms with Gasteiger partial charge in [0.05, 0.1) is 19.6 Å². The van der Waals surface area contributed by atoms with E-state index in [4.69, 9.17) is 4.74 Å². The first-order valence-electron chi connectivity index (χ1n) is 7.61. The molecule has 118 valence electrons. The van der Waals surface area contributed by atoms with Crippen LogP contribution in [0.3, 0.4) is 0 Å². The van der Waals surface area contributed by atoms with Crippen LogP contribution < -0.4 is 4.74 Å². The van der Waals surface area contributed by atoms with Crippen LogP contribution >= 0.6 is 11.3 Å². The van der Waals surface area contributed by atoms with E-state index in [0.717, 1.165) is 24.3 Å². The standard InChI is InChI=1S/C18H23NO2S/c1-4-11-19(13-15-8-7-12-22-15)18(20)14(2)16-9-5-6-10-17(16)21-3/h5-10,12,14H,4,11,13H2,1-3H3/t14-/m1/s1. The van der Waals surface area contributed by atoms with Crippen molar-refractivity contribution in [2.45, 2.75) is 32.7 Å². The summed E-state index contributed by atoms with van der Waals surface area (Å²) in [7, 11) is 1.64. The second-order valence-electron chi connectivity index (χ2n) is 5.30. The maximum absolute atomic E-state index is 12.9. The summed E-state index contributed by atoms with van der Waals surface area (Å²) in [4.78, 5) is 16.1. The molecule has 0 aliphatic rings. The molecular weight excluding hydrogens is 294 g/mol. The molecular formula is C18H23NO2S. The highest BCUT2D eigenvalue weighted by Crippen LogP contribution is 2.28. The number of carbonyl (C=O) groups excluding carboxylic acids is 1. The molecule has 0 bridgehead atoms. The van der Waals surface area contributed by atoms with E-state index in [0.29, 0.717) is 6.54 Å². The summed E-state index contributed by atoms with van der Waals surface area (Å²) in [5.41, 5.74) is 0.947. The number of ether oxygens (including phenoxy) is 1. The van der Waals surface area contributed by atoms with Gasteiger partial charge >= 0.3 is 0 Å². The molecule has 0 saturated heterocycles. The Morgan fingerprint density at radius 1 is 1.27 bits per heavy atom. The molecule has 4 heteroatoms. The van der Waals surface area contributed by atoms with Crippen LogP contribution in [0.5, 0.6) is 5.75 Å². The van der Waals surface area contributed by atoms with E-state index in [-0.39, 0.29) is 11.8 Å². The summed E-state index contributed by atoms with van der Waals surface area (Å²) in [6.07, 6.45) is 0.954. The van der Waals surface area contributed by atoms with Crippen molar-refractivity contribution in [1.82, 2.24) is 4.90 Å². The zero-order valence-electron chi connectivity index (χ0n) is 13.4. The smallest absolute Gasteiger partial charge is 0.230 e. The number of hydrogen-bond acceptors (Lipinski definition) is 3. The van der Waals surface area contributed by atoms with Crippen molar-refractivity contribution in [2.24, 2.45) is 0 Å². The van der Waals surface area contributed by atoms with Crippen molar-refractivity contribution in [3.05, 3.63) is 52.2 Å². The summed E-state index contributed by atoms with van der Waals surface area (Å²) < 4.78 is 5.39. The Hall–Kier alpha value is -1.81. The number of carbonyl (C=O) groups is 1. The molecule has 0 aliphatic carbocycles. The molecule has 1 aromatic carbocycles. The molecule has 1 atom stereocenters. The average Bonchev–Trinajstić information content (AvgIpc) is 3.06. The van der Waals surface area contributed by atoms with Crippen LogP contribution in [-0.4, -0.2) is 24.5 Å². The van der Waals surface area contributed by atoms with Gasteiger partial charge in [0.25, 0.3) is 0 Å². The Labute approximate surface area is 136 Å². The van der Waals surface area contributed by atoms with E-state index in [1.54, 1.807) is 18.4 Å². The first kappa shape index (κ1) is 16.6. The van der Waals surface area contributed by atoms with Gasteiger partial charge in [0, 0.05) is 17.0 Å². The number of thiophene rings is 1. The summed E-state index contributed by atoms with van der Waals surface area (Å²) >= 11 is 1.69. The third-order valence-corrected chi connectivity index (χ3v) is 4.57. The average molecular weight is 317 g/mol. The number of benzene rings is 1. The number of rotatable bonds is 7. The van der Waals surface area contributed by atoms with E-state index in [2.05, 4.69) is 13.0 Å². The number of para-hydroxylation sites is 1. The number of amides is 1. The van der Waals surface area contributed by atoms with Crippen LogP contribution in [0.15, 0.2) is 41.8 Å². The zero-order chi connectivity index (χ0) is 15.9. The van der Waals surface area contributed by atoms with Crippen LogP contribution in [0.1, 0.15) is 36.6 Å². The molecule has 1 amide bonds. The van der Waals surface area contributed by atoms with Gasteiger partial charge in [0.15, 0.2) is 0 Å². The fourth-order valence-corrected chi connectivity index (χ4v) is 3.28. The monoisotopic (exact) mass is 317 g/mol. The first-order valence-corrected chi connectivity index (χ1v) is 8.49. The van der Waals surface area contributed by atoms with E-state index in [9.17, 15) is 4.79 Å². The Morgan fingerprint density at radius 3 is 2.68 bits per heavy atom. The van der Waals surface area contributed by atoms with E-state index >= 15 is 0 Å². The molecule has 0 radical (unpaired) electrons. The Bertz CT molecular complexity index is 595. The molecule has 0 aliphatic heterocycles. The fourth-order valence-electron chi connectivity index (χ4n) is 2.56. The molecule has 0 spiro atoms. The van der Waals surface area contributed by atoms with Crippen molar-refractivity contribution in [3.8, 4) is 5.75 Å². The molecule has 22 heavy (non-hydrogen) atoms. The molecule has 0 fully saturated rings. The predicted molar refractivity (Wildman–Crippen MR) is 91.4 cm³/mol. The second-order valence-corrected chi connectivity index (χ2v) is 6.34. The summed E-state index contributed by atoms with van der Waals surface area (Å²) in [5.74, 6) is 0.721. The van der Waals surface area contributed by atoms with Crippen LogP contribution in [-0.2, 0) is 11.3 Å². The van der Waals surface area contributed by atoms with E-state index in [1.165, 1.54) is 4.88 Å². The van der Waals surface area contributed by atoms with Crippen molar-refractivity contribution < 1.29 is 9.53 Å². The normalized spacial score (nSPS) is 12.0. The minimum absolute atomic E-state index is 0.153. The van der Waals surface area contributed by atoms with Gasteiger partial charge in [-0.05, 0) is 30.9 Å². The van der Waals surface area contributed by atoms with Gasteiger partial charge in [-0.3, -0.25) is 4.79 Å². The van der Waals surface area contributed by atoms with Gasteiger partial charge in [-0.1, -0.05) is 31.2 Å². The van der Waals surface area contributed by atoms with Crippen LogP contribution in [0.4, 0.5) is 0 Å². The molecule has 0 unspecified atom stereocenters. The molecule has 0 N–H and O–H groups in total. The number of nitrogens with zero attached hydrogens (tertiary/aromatic N) is 1. The van der Waals surface area contributed by atoms with E-state index in [1.807, 2.05) is 47.5 Å². The van der Waals surface area contributed by atoms with Gasteiger partial charge in [0.1, 0.15) is 5.75 Å². The first-order chi connectivity index (χ1) is 10.7. The van der Waals surface area contributed by atoms with Crippen molar-refractivity contribution in [2.75, 3.05) is 13.7 Å². The van der Waals surface area contributed by atoms with Gasteiger partial charge in [-0.25, -0.2) is 0 Å². The molecule has 2 aromatic rings. The zero-order valence-corrected chi connectivity index (χ0v) is 14.2. The highest BCUT2D eigenvalue weighted by atomic mass is 32.1. The third-order valence-electron chi connectivity index (χ3n) is 3.71. The highest BCUT2D eigenvalue weighted by Gasteiger charge is 2.24. The lowest BCUT2D eigenvalue weighted by atomic mass is 9.98. The molecule has 0 saturated carbocycles. The van der Waals surface area contributed by atoms with Crippen molar-refractivity contribution in [1.29, 1.82) is 0 Å². The summed E-state index contributed by atoms with van der Waals surface area (Å²) in [6.45, 7) is 5.51. The minimum Gasteiger partial charge on any atom is -0.496 e. The maximum Gasteiger partial charge on any atom is 0.230 e. The number of hydrogen-bond donors (Lipinski definition) is 0. The summed E-state index contributed by atoms with van der Waals surface area (Å²) in [6, 6.07) is 11.9. The summed E-state index contributed by atoms with van der Waals surface area (Å²) in [5, 5.41) is 2.05.